The molecule has 3 aliphatic heterocycles. The van der Waals surface area contributed by atoms with Crippen molar-refractivity contribution >= 4 is 22.8 Å². The van der Waals surface area contributed by atoms with E-state index in [-0.39, 0.29) is 17.4 Å². The van der Waals surface area contributed by atoms with Crippen molar-refractivity contribution in [2.45, 2.75) is 69.6 Å². The van der Waals surface area contributed by atoms with Gasteiger partial charge in [0.15, 0.2) is 12.3 Å². The highest BCUT2D eigenvalue weighted by Gasteiger charge is 2.51. The molecule has 5 rings (SSSR count). The van der Waals surface area contributed by atoms with Gasteiger partial charge in [-0.3, -0.25) is 9.69 Å². The van der Waals surface area contributed by atoms with Crippen LogP contribution in [0.4, 0.5) is 5.82 Å². The Morgan fingerprint density at radius 3 is 2.79 bits per heavy atom. The predicted molar refractivity (Wildman–Crippen MR) is 127 cm³/mol. The van der Waals surface area contributed by atoms with Crippen LogP contribution in [0.2, 0.25) is 0 Å². The minimum Gasteiger partial charge on any atom is -0.454 e. The van der Waals surface area contributed by atoms with E-state index in [1.54, 1.807) is 24.6 Å². The first kappa shape index (κ1) is 23.5. The van der Waals surface area contributed by atoms with Crippen LogP contribution < -0.4 is 5.73 Å². The van der Waals surface area contributed by atoms with Crippen molar-refractivity contribution in [1.29, 1.82) is 0 Å². The molecule has 10 nitrogen and oxygen atoms in total. The van der Waals surface area contributed by atoms with Gasteiger partial charge in [0.2, 0.25) is 0 Å². The van der Waals surface area contributed by atoms with Crippen LogP contribution in [0.5, 0.6) is 0 Å². The molecule has 186 valence electrons. The van der Waals surface area contributed by atoms with Gasteiger partial charge >= 0.3 is 5.97 Å². The number of nitrogens with zero attached hydrogens (tertiary/aromatic N) is 5. The third-order valence-corrected chi connectivity index (χ3v) is 7.91. The second-order valence-corrected chi connectivity index (χ2v) is 10.4. The van der Waals surface area contributed by atoms with Crippen LogP contribution in [0.25, 0.3) is 11.0 Å². The first-order chi connectivity index (χ1) is 16.3. The van der Waals surface area contributed by atoms with Gasteiger partial charge in [-0.25, -0.2) is 9.97 Å². The van der Waals surface area contributed by atoms with Gasteiger partial charge in [0.1, 0.15) is 30.0 Å². The molecule has 3 aliphatic rings. The summed E-state index contributed by atoms with van der Waals surface area (Å²) in [5.74, 6) is -0.305. The minimum atomic E-state index is -0.951. The summed E-state index contributed by atoms with van der Waals surface area (Å²) in [5.41, 5.74) is 6.78. The molecule has 2 aromatic rings. The number of nitrogen functional groups attached to an aromatic ring is 1. The Labute approximate surface area is 200 Å². The number of aliphatic hydroxyl groups excluding tert-OH is 1. The van der Waals surface area contributed by atoms with Crippen molar-refractivity contribution in [3.8, 4) is 0 Å². The highest BCUT2D eigenvalue weighted by atomic mass is 16.6. The molecule has 5 heterocycles. The summed E-state index contributed by atoms with van der Waals surface area (Å²) in [6, 6.07) is 1.82. The lowest BCUT2D eigenvalue weighted by molar-refractivity contribution is -0.162. The molecule has 34 heavy (non-hydrogen) atoms. The van der Waals surface area contributed by atoms with E-state index < -0.39 is 24.5 Å². The maximum atomic E-state index is 12.5. The fraction of sp³-hybridized carbons (Fsp3) is 0.708. The van der Waals surface area contributed by atoms with Crippen molar-refractivity contribution in [2.75, 3.05) is 39.0 Å². The number of piperidine rings is 1. The van der Waals surface area contributed by atoms with Crippen LogP contribution >= 0.6 is 0 Å². The number of carbonyl (C=O) groups excluding carboxylic acids is 1. The van der Waals surface area contributed by atoms with Crippen LogP contribution in [0.1, 0.15) is 45.8 Å². The van der Waals surface area contributed by atoms with Gasteiger partial charge in [-0.05, 0) is 58.4 Å². The topological polar surface area (TPSA) is 119 Å². The number of nitrogens with two attached hydrogens (primary N) is 1. The third-order valence-electron chi connectivity index (χ3n) is 7.91. The first-order valence-corrected chi connectivity index (χ1v) is 12.3. The van der Waals surface area contributed by atoms with Gasteiger partial charge in [-0.1, -0.05) is 13.8 Å². The predicted octanol–water partition coefficient (Wildman–Crippen LogP) is 1.40. The molecular weight excluding hydrogens is 436 g/mol. The number of aliphatic hydroxyl groups is 1. The van der Waals surface area contributed by atoms with Crippen LogP contribution in [0.3, 0.4) is 0 Å². The van der Waals surface area contributed by atoms with Crippen LogP contribution in [0.15, 0.2) is 18.6 Å². The Kier molecular flexibility index (Phi) is 6.26. The second-order valence-electron chi connectivity index (χ2n) is 10.4. The van der Waals surface area contributed by atoms with E-state index in [2.05, 4.69) is 26.8 Å². The van der Waals surface area contributed by atoms with Crippen molar-refractivity contribution < 1.29 is 19.4 Å². The van der Waals surface area contributed by atoms with Crippen molar-refractivity contribution in [3.63, 3.8) is 0 Å². The molecule has 0 aliphatic carbocycles. The summed E-state index contributed by atoms with van der Waals surface area (Å²) in [6.45, 7) is 7.33. The summed E-state index contributed by atoms with van der Waals surface area (Å²) < 4.78 is 14.1. The molecule has 0 saturated carbocycles. The number of ether oxygens (including phenoxy) is 2. The molecule has 1 spiro atoms. The molecule has 3 saturated heterocycles. The quantitative estimate of drug-likeness (QED) is 0.622. The van der Waals surface area contributed by atoms with E-state index in [0.29, 0.717) is 23.4 Å². The van der Waals surface area contributed by atoms with E-state index in [1.807, 2.05) is 6.07 Å². The van der Waals surface area contributed by atoms with Gasteiger partial charge in [-0.2, -0.15) is 0 Å². The molecule has 4 atom stereocenters. The van der Waals surface area contributed by atoms with Crippen LogP contribution in [-0.4, -0.2) is 92.5 Å². The van der Waals surface area contributed by atoms with Crippen molar-refractivity contribution in [2.24, 2.45) is 5.92 Å². The van der Waals surface area contributed by atoms with E-state index >= 15 is 0 Å². The lowest BCUT2D eigenvalue weighted by Gasteiger charge is -2.45. The number of hydrogen-bond acceptors (Lipinski definition) is 9. The highest BCUT2D eigenvalue weighted by Crippen LogP contribution is 2.41. The summed E-state index contributed by atoms with van der Waals surface area (Å²) in [4.78, 5) is 25.9. The van der Waals surface area contributed by atoms with E-state index in [9.17, 15) is 9.90 Å². The fourth-order valence-electron chi connectivity index (χ4n) is 5.78. The number of carbonyl (C=O) groups is 1. The Morgan fingerprint density at radius 1 is 1.29 bits per heavy atom. The zero-order valence-electron chi connectivity index (χ0n) is 20.3. The number of likely N-dealkylation sites (tertiary alicyclic amines) is 2. The Hall–Kier alpha value is -2.27. The standard InChI is InChI=1S/C24H36N6O4/c1-15(2)23(32)34-19-18(31)17(13-29-9-4-6-24(29)7-11-28(3)12-8-24)33-22(19)30-10-5-16-20(25)26-14-27-21(16)30/h5,10,14-15,17-19,22,31H,4,6-9,11-13H2,1-3H3,(H2,25,26,27)/t17-,18-,19-,22-/m1/s1. The number of rotatable bonds is 5. The van der Waals surface area contributed by atoms with Gasteiger partial charge in [0, 0.05) is 18.3 Å². The van der Waals surface area contributed by atoms with Gasteiger partial charge in [0.05, 0.1) is 11.3 Å². The Morgan fingerprint density at radius 2 is 2.06 bits per heavy atom. The lowest BCUT2D eigenvalue weighted by atomic mass is 9.85. The Balaban J connectivity index is 1.42. The smallest absolute Gasteiger partial charge is 0.308 e. The van der Waals surface area contributed by atoms with Crippen molar-refractivity contribution in [3.05, 3.63) is 18.6 Å². The summed E-state index contributed by atoms with van der Waals surface area (Å²) >= 11 is 0. The monoisotopic (exact) mass is 472 g/mol. The van der Waals surface area contributed by atoms with Gasteiger partial charge in [0.25, 0.3) is 0 Å². The maximum absolute atomic E-state index is 12.5. The molecule has 0 bridgehead atoms. The summed E-state index contributed by atoms with van der Waals surface area (Å²) in [6.07, 6.45) is 4.81. The number of fused-ring (bicyclic) bond motifs is 1. The first-order valence-electron chi connectivity index (χ1n) is 12.3. The van der Waals surface area contributed by atoms with Crippen molar-refractivity contribution in [1.82, 2.24) is 24.3 Å². The average Bonchev–Trinajstić information content (AvgIpc) is 3.49. The lowest BCUT2D eigenvalue weighted by Crippen LogP contribution is -2.54. The summed E-state index contributed by atoms with van der Waals surface area (Å²) in [7, 11) is 2.17. The van der Waals surface area contributed by atoms with Gasteiger partial charge in [-0.15, -0.1) is 0 Å². The Bertz CT molecular complexity index is 1030. The average molecular weight is 473 g/mol. The normalized spacial score (nSPS) is 30.0. The number of aromatic nitrogens is 3. The molecule has 0 radical (unpaired) electrons. The van der Waals surface area contributed by atoms with Gasteiger partial charge < -0.3 is 29.8 Å². The van der Waals surface area contributed by atoms with E-state index in [0.717, 1.165) is 38.9 Å². The second kappa shape index (κ2) is 9.07. The molecular formula is C24H36N6O4. The zero-order chi connectivity index (χ0) is 24.0. The number of esters is 1. The highest BCUT2D eigenvalue weighted by molar-refractivity contribution is 5.86. The van der Waals surface area contributed by atoms with E-state index in [1.165, 1.54) is 12.7 Å². The third kappa shape index (κ3) is 4.06. The molecule has 3 fully saturated rings. The maximum Gasteiger partial charge on any atom is 0.308 e. The molecule has 2 aromatic heterocycles. The number of hydrogen-bond donors (Lipinski definition) is 2. The minimum absolute atomic E-state index is 0.166. The molecule has 3 N–H and O–H groups in total. The molecule has 0 unspecified atom stereocenters. The molecule has 0 aromatic carbocycles. The zero-order valence-corrected chi connectivity index (χ0v) is 20.3. The largest absolute Gasteiger partial charge is 0.454 e. The van der Waals surface area contributed by atoms with E-state index in [4.69, 9.17) is 15.2 Å². The molecule has 0 amide bonds. The van der Waals surface area contributed by atoms with Crippen LogP contribution in [0, 0.1) is 5.92 Å². The van der Waals surface area contributed by atoms with Crippen LogP contribution in [-0.2, 0) is 14.3 Å². The number of anilines is 1. The summed E-state index contributed by atoms with van der Waals surface area (Å²) in [5, 5.41) is 12.1. The SMILES string of the molecule is CC(C)C(=O)O[C@@H]1[C@H](O)[C@@H](CN2CCCC23CCN(C)CC3)O[C@H]1n1ccc2c(N)ncnc21. The molecule has 10 heteroatoms. The fourth-order valence-corrected chi connectivity index (χ4v) is 5.78.